The molecule has 1 aliphatic carbocycles. The van der Waals surface area contributed by atoms with Crippen LogP contribution in [0.25, 0.3) is 10.9 Å². The van der Waals surface area contributed by atoms with Gasteiger partial charge in [-0.2, -0.15) is 4.98 Å². The summed E-state index contributed by atoms with van der Waals surface area (Å²) >= 11 is 0. The van der Waals surface area contributed by atoms with Crippen LogP contribution in [-0.4, -0.2) is 55.3 Å². The Balaban J connectivity index is 1.65. The van der Waals surface area contributed by atoms with Gasteiger partial charge in [0.1, 0.15) is 11.9 Å². The summed E-state index contributed by atoms with van der Waals surface area (Å²) in [5.41, 5.74) is 0.773. The van der Waals surface area contributed by atoms with Gasteiger partial charge in [0.25, 0.3) is 0 Å². The van der Waals surface area contributed by atoms with Crippen LogP contribution in [0.1, 0.15) is 25.7 Å². The maximum absolute atomic E-state index is 11.6. The van der Waals surface area contributed by atoms with E-state index >= 15 is 0 Å². The lowest BCUT2D eigenvalue weighted by Gasteiger charge is -2.32. The molecule has 0 aliphatic heterocycles. The first kappa shape index (κ1) is 17.9. The number of hydrogen-bond donors (Lipinski definition) is 0. The standard InChI is InChI=1S/C17H23N3O4S/c1-20(25(3,21)22)13-5-8-14(9-6-13)24-17-18-11-12-4-7-15(23-2)10-16(12)19-17/h4,7,10-11,13-14H,5-6,8-9H2,1-3H3. The third-order valence-electron chi connectivity index (χ3n) is 4.72. The van der Waals surface area contributed by atoms with Gasteiger partial charge in [-0.3, -0.25) is 0 Å². The van der Waals surface area contributed by atoms with Crippen molar-refractivity contribution in [1.29, 1.82) is 0 Å². The lowest BCUT2D eigenvalue weighted by atomic mass is 9.93. The fourth-order valence-corrected chi connectivity index (χ4v) is 3.87. The van der Waals surface area contributed by atoms with E-state index in [9.17, 15) is 8.42 Å². The first-order valence-corrected chi connectivity index (χ1v) is 10.1. The van der Waals surface area contributed by atoms with Gasteiger partial charge in [0.2, 0.25) is 10.0 Å². The minimum atomic E-state index is -3.15. The predicted octanol–water partition coefficient (Wildman–Crippen LogP) is 2.22. The molecule has 0 amide bonds. The number of methoxy groups -OCH3 is 1. The Morgan fingerprint density at radius 2 is 1.92 bits per heavy atom. The summed E-state index contributed by atoms with van der Waals surface area (Å²) in [6.45, 7) is 0. The molecule has 0 saturated heterocycles. The van der Waals surface area contributed by atoms with Gasteiger partial charge < -0.3 is 9.47 Å². The Labute approximate surface area is 148 Å². The number of sulfonamides is 1. The van der Waals surface area contributed by atoms with Crippen molar-refractivity contribution in [2.75, 3.05) is 20.4 Å². The lowest BCUT2D eigenvalue weighted by molar-refractivity contribution is 0.116. The van der Waals surface area contributed by atoms with Crippen LogP contribution in [0, 0.1) is 0 Å². The summed E-state index contributed by atoms with van der Waals surface area (Å²) in [6, 6.07) is 6.01. The van der Waals surface area contributed by atoms with E-state index in [1.54, 1.807) is 20.4 Å². The van der Waals surface area contributed by atoms with Gasteiger partial charge in [-0.05, 0) is 37.8 Å². The van der Waals surface area contributed by atoms with Crippen LogP contribution in [0.5, 0.6) is 11.8 Å². The molecule has 1 aromatic heterocycles. The summed E-state index contributed by atoms with van der Waals surface area (Å²) in [7, 11) is 0.103. The van der Waals surface area contributed by atoms with E-state index in [4.69, 9.17) is 9.47 Å². The quantitative estimate of drug-likeness (QED) is 0.808. The number of rotatable bonds is 5. The zero-order chi connectivity index (χ0) is 18.0. The summed E-state index contributed by atoms with van der Waals surface area (Å²) in [4.78, 5) is 8.72. The van der Waals surface area contributed by atoms with Crippen LogP contribution >= 0.6 is 0 Å². The molecule has 0 radical (unpaired) electrons. The Morgan fingerprint density at radius 1 is 1.20 bits per heavy atom. The molecule has 1 aromatic carbocycles. The minimum absolute atomic E-state index is 0.00673. The molecule has 7 nitrogen and oxygen atoms in total. The fourth-order valence-electron chi connectivity index (χ4n) is 3.12. The Bertz CT molecular complexity index is 848. The molecule has 136 valence electrons. The zero-order valence-electron chi connectivity index (χ0n) is 14.7. The van der Waals surface area contributed by atoms with Crippen molar-refractivity contribution >= 4 is 20.9 Å². The number of hydrogen-bond acceptors (Lipinski definition) is 6. The predicted molar refractivity (Wildman–Crippen MR) is 95.4 cm³/mol. The molecule has 0 N–H and O–H groups in total. The molecule has 1 heterocycles. The molecule has 0 spiro atoms. The van der Waals surface area contributed by atoms with Gasteiger partial charge in [-0.15, -0.1) is 0 Å². The molecule has 3 rings (SSSR count). The smallest absolute Gasteiger partial charge is 0.317 e. The number of ether oxygens (including phenoxy) is 2. The van der Waals surface area contributed by atoms with Crippen molar-refractivity contribution in [2.24, 2.45) is 0 Å². The highest BCUT2D eigenvalue weighted by Crippen LogP contribution is 2.27. The molecule has 0 atom stereocenters. The summed E-state index contributed by atoms with van der Waals surface area (Å²) in [6.07, 6.45) is 6.10. The Hall–Kier alpha value is -1.93. The van der Waals surface area contributed by atoms with Crippen molar-refractivity contribution in [3.63, 3.8) is 0 Å². The molecule has 2 aromatic rings. The number of aromatic nitrogens is 2. The Morgan fingerprint density at radius 3 is 2.56 bits per heavy atom. The molecule has 25 heavy (non-hydrogen) atoms. The van der Waals surface area contributed by atoms with Crippen LogP contribution in [0.4, 0.5) is 0 Å². The van der Waals surface area contributed by atoms with E-state index in [1.807, 2.05) is 18.2 Å². The summed E-state index contributed by atoms with van der Waals surface area (Å²) in [5.74, 6) is 0.737. The number of nitrogens with zero attached hydrogens (tertiary/aromatic N) is 3. The Kier molecular flexibility index (Phi) is 5.10. The van der Waals surface area contributed by atoms with Crippen molar-refractivity contribution in [1.82, 2.24) is 14.3 Å². The SMILES string of the molecule is COc1ccc2cnc(OC3CCC(N(C)S(C)(=O)=O)CC3)nc2c1. The van der Waals surface area contributed by atoms with Gasteiger partial charge in [0.05, 0.1) is 18.9 Å². The van der Waals surface area contributed by atoms with Gasteiger partial charge in [0, 0.05) is 30.7 Å². The minimum Gasteiger partial charge on any atom is -0.497 e. The normalized spacial score (nSPS) is 21.4. The second kappa shape index (κ2) is 7.13. The van der Waals surface area contributed by atoms with Crippen molar-refractivity contribution in [2.45, 2.75) is 37.8 Å². The van der Waals surface area contributed by atoms with Crippen molar-refractivity contribution in [3.05, 3.63) is 24.4 Å². The van der Waals surface area contributed by atoms with Crippen molar-refractivity contribution in [3.8, 4) is 11.8 Å². The van der Waals surface area contributed by atoms with Gasteiger partial charge in [0.15, 0.2) is 0 Å². The topological polar surface area (TPSA) is 81.6 Å². The molecule has 1 fully saturated rings. The van der Waals surface area contributed by atoms with Crippen LogP contribution in [-0.2, 0) is 10.0 Å². The number of fused-ring (bicyclic) bond motifs is 1. The highest BCUT2D eigenvalue weighted by Gasteiger charge is 2.29. The molecule has 1 saturated carbocycles. The van der Waals surface area contributed by atoms with Crippen LogP contribution in [0.3, 0.4) is 0 Å². The summed E-state index contributed by atoms with van der Waals surface area (Å²) in [5, 5.41) is 0.923. The van der Waals surface area contributed by atoms with Crippen LogP contribution in [0.2, 0.25) is 0 Å². The van der Waals surface area contributed by atoms with E-state index in [-0.39, 0.29) is 12.1 Å². The van der Waals surface area contributed by atoms with E-state index in [1.165, 1.54) is 10.6 Å². The largest absolute Gasteiger partial charge is 0.497 e. The molecule has 0 unspecified atom stereocenters. The third kappa shape index (κ3) is 4.19. The van der Waals surface area contributed by atoms with E-state index in [2.05, 4.69) is 9.97 Å². The maximum atomic E-state index is 11.6. The molecule has 0 bridgehead atoms. The van der Waals surface area contributed by atoms with Crippen molar-refractivity contribution < 1.29 is 17.9 Å². The highest BCUT2D eigenvalue weighted by atomic mass is 32.2. The average molecular weight is 365 g/mol. The monoisotopic (exact) mass is 365 g/mol. The highest BCUT2D eigenvalue weighted by molar-refractivity contribution is 7.88. The van der Waals surface area contributed by atoms with E-state index in [0.29, 0.717) is 6.01 Å². The first-order chi connectivity index (χ1) is 11.9. The first-order valence-electron chi connectivity index (χ1n) is 8.27. The second-order valence-corrected chi connectivity index (χ2v) is 8.45. The second-order valence-electron chi connectivity index (χ2n) is 6.40. The van der Waals surface area contributed by atoms with Crippen LogP contribution < -0.4 is 9.47 Å². The van der Waals surface area contributed by atoms with Crippen LogP contribution in [0.15, 0.2) is 24.4 Å². The average Bonchev–Trinajstić information content (AvgIpc) is 2.60. The van der Waals surface area contributed by atoms with Gasteiger partial charge >= 0.3 is 6.01 Å². The summed E-state index contributed by atoms with van der Waals surface area (Å²) < 4.78 is 35.9. The molecule has 8 heteroatoms. The molecule has 1 aliphatic rings. The molecular weight excluding hydrogens is 342 g/mol. The van der Waals surface area contributed by atoms with E-state index in [0.717, 1.165) is 42.3 Å². The zero-order valence-corrected chi connectivity index (χ0v) is 15.5. The third-order valence-corrected chi connectivity index (χ3v) is 6.07. The lowest BCUT2D eigenvalue weighted by Crippen LogP contribution is -2.40. The van der Waals surface area contributed by atoms with Gasteiger partial charge in [-0.25, -0.2) is 17.7 Å². The fraction of sp³-hybridized carbons (Fsp3) is 0.529. The molecular formula is C17H23N3O4S. The van der Waals surface area contributed by atoms with Gasteiger partial charge in [-0.1, -0.05) is 0 Å². The van der Waals surface area contributed by atoms with E-state index < -0.39 is 10.0 Å². The maximum Gasteiger partial charge on any atom is 0.317 e. The number of benzene rings is 1.